The van der Waals surface area contributed by atoms with Gasteiger partial charge in [-0.25, -0.2) is 0 Å². The van der Waals surface area contributed by atoms with Crippen molar-refractivity contribution in [3.8, 4) is 28.2 Å². The number of hydrogen-bond donors (Lipinski definition) is 0. The van der Waals surface area contributed by atoms with Crippen molar-refractivity contribution < 1.29 is 0 Å². The van der Waals surface area contributed by atoms with Crippen molar-refractivity contribution in [3.63, 3.8) is 0 Å². The monoisotopic (exact) mass is 907 g/mol. The van der Waals surface area contributed by atoms with Crippen LogP contribution in [0.25, 0.3) is 93.6 Å². The SMILES string of the molecule is c1ccc(-c2ccc(-n3c4ccccc4c4cc(-n5c6ccccc6c6cc(-n7c8ccccc8c8ccccc87)cc([Si](c7ccccc7)(c7ccccc7)c7ccccc7)c65)ccc43)cc2)cc1. The summed E-state index contributed by atoms with van der Waals surface area (Å²) in [6.45, 7) is 0. The summed E-state index contributed by atoms with van der Waals surface area (Å²) in [5, 5.41) is 12.7. The van der Waals surface area contributed by atoms with Gasteiger partial charge in [0.1, 0.15) is 0 Å². The van der Waals surface area contributed by atoms with Crippen LogP contribution in [0.4, 0.5) is 0 Å². The molecule has 4 heteroatoms. The molecule has 0 saturated heterocycles. The Morgan fingerprint density at radius 1 is 0.229 bits per heavy atom. The zero-order chi connectivity index (χ0) is 46.2. The molecular formula is C66H45N3Si. The molecule has 328 valence electrons. The smallest absolute Gasteiger partial charge is 0.181 e. The lowest BCUT2D eigenvalue weighted by atomic mass is 10.1. The molecule has 0 aliphatic heterocycles. The van der Waals surface area contributed by atoms with E-state index < -0.39 is 8.07 Å². The molecule has 0 spiro atoms. The number of para-hydroxylation sites is 4. The highest BCUT2D eigenvalue weighted by atomic mass is 28.3. The summed E-state index contributed by atoms with van der Waals surface area (Å²) in [5.74, 6) is 0. The minimum atomic E-state index is -3.18. The molecular weight excluding hydrogens is 863 g/mol. The van der Waals surface area contributed by atoms with Crippen LogP contribution in [0.1, 0.15) is 0 Å². The fourth-order valence-corrected chi connectivity index (χ4v) is 16.8. The van der Waals surface area contributed by atoms with Gasteiger partial charge in [-0.3, -0.25) is 0 Å². The standard InChI is InChI=1S/C66H45N3Si/c1-5-21-46(22-6-1)47-37-39-48(40-38-47)67-62-35-19-15-31-56(62)58-43-49(41-42-64(58)67)69-63-36-20-16-32-57(63)59-44-50(68-60-33-17-13-29-54(60)55-30-14-18-34-61(55)68)45-65(66(59)69)70(51-23-7-2-8-24-51,52-25-9-3-10-26-52)53-27-11-4-12-28-53/h1-45H. The molecule has 3 nitrogen and oxygen atoms in total. The minimum absolute atomic E-state index is 1.13. The van der Waals surface area contributed by atoms with Gasteiger partial charge in [-0.1, -0.05) is 206 Å². The van der Waals surface area contributed by atoms with E-state index in [1.807, 2.05) is 0 Å². The summed E-state index contributed by atoms with van der Waals surface area (Å²) in [5.41, 5.74) is 13.0. The van der Waals surface area contributed by atoms with Gasteiger partial charge in [0.05, 0.1) is 33.1 Å². The van der Waals surface area contributed by atoms with Crippen LogP contribution in [0, 0.1) is 0 Å². The van der Waals surface area contributed by atoms with Crippen molar-refractivity contribution in [2.45, 2.75) is 0 Å². The summed E-state index contributed by atoms with van der Waals surface area (Å²) >= 11 is 0. The van der Waals surface area contributed by atoms with E-state index in [1.165, 1.54) is 97.3 Å². The molecule has 0 unspecified atom stereocenters. The van der Waals surface area contributed by atoms with Crippen LogP contribution in [0.2, 0.25) is 0 Å². The first kappa shape index (κ1) is 40.1. The molecule has 0 amide bonds. The second-order valence-electron chi connectivity index (χ2n) is 18.4. The Kier molecular flexibility index (Phi) is 9.23. The van der Waals surface area contributed by atoms with Crippen LogP contribution in [-0.2, 0) is 0 Å². The normalized spacial score (nSPS) is 12.0. The van der Waals surface area contributed by atoms with Crippen LogP contribution in [0.3, 0.4) is 0 Å². The quantitative estimate of drug-likeness (QED) is 0.107. The van der Waals surface area contributed by atoms with E-state index in [0.29, 0.717) is 0 Å². The first-order valence-corrected chi connectivity index (χ1v) is 26.2. The molecule has 0 aliphatic rings. The lowest BCUT2D eigenvalue weighted by molar-refractivity contribution is 1.16. The van der Waals surface area contributed by atoms with Crippen LogP contribution < -0.4 is 20.7 Å². The zero-order valence-corrected chi connectivity index (χ0v) is 39.3. The minimum Gasteiger partial charge on any atom is -0.309 e. The third-order valence-electron chi connectivity index (χ3n) is 14.8. The highest BCUT2D eigenvalue weighted by Gasteiger charge is 2.44. The molecule has 0 atom stereocenters. The number of rotatable bonds is 8. The molecule has 11 aromatic carbocycles. The predicted octanol–water partition coefficient (Wildman–Crippen LogP) is 14.0. The molecule has 0 saturated carbocycles. The predicted molar refractivity (Wildman–Crippen MR) is 299 cm³/mol. The van der Waals surface area contributed by atoms with Gasteiger partial charge in [-0.05, 0) is 98.6 Å². The van der Waals surface area contributed by atoms with Gasteiger partial charge in [0.2, 0.25) is 0 Å². The highest BCUT2D eigenvalue weighted by Crippen LogP contribution is 2.40. The fraction of sp³-hybridized carbons (Fsp3) is 0. The fourth-order valence-electron chi connectivity index (χ4n) is 11.8. The third kappa shape index (κ3) is 6.00. The number of benzene rings is 11. The number of hydrogen-bond acceptors (Lipinski definition) is 0. The summed E-state index contributed by atoms with van der Waals surface area (Å²) in [7, 11) is -3.18. The lowest BCUT2D eigenvalue weighted by Crippen LogP contribution is -2.75. The molecule has 70 heavy (non-hydrogen) atoms. The van der Waals surface area contributed by atoms with E-state index >= 15 is 0 Å². The Balaban J connectivity index is 1.12. The van der Waals surface area contributed by atoms with Gasteiger partial charge < -0.3 is 13.7 Å². The Morgan fingerprint density at radius 2 is 0.586 bits per heavy atom. The Morgan fingerprint density at radius 3 is 1.10 bits per heavy atom. The highest BCUT2D eigenvalue weighted by molar-refractivity contribution is 7.20. The Labute approximate surface area is 407 Å². The van der Waals surface area contributed by atoms with Crippen molar-refractivity contribution >= 4 is 94.2 Å². The van der Waals surface area contributed by atoms with E-state index in [4.69, 9.17) is 0 Å². The van der Waals surface area contributed by atoms with Gasteiger partial charge in [-0.15, -0.1) is 0 Å². The third-order valence-corrected chi connectivity index (χ3v) is 19.6. The largest absolute Gasteiger partial charge is 0.309 e. The molecule has 0 bridgehead atoms. The van der Waals surface area contributed by atoms with Crippen molar-refractivity contribution in [1.82, 2.24) is 13.7 Å². The Hall–Kier alpha value is -8.96. The van der Waals surface area contributed by atoms with Crippen LogP contribution >= 0.6 is 0 Å². The molecule has 0 radical (unpaired) electrons. The maximum Gasteiger partial charge on any atom is 0.181 e. The molecule has 0 aliphatic carbocycles. The first-order chi connectivity index (χ1) is 34.8. The van der Waals surface area contributed by atoms with Crippen molar-refractivity contribution in [3.05, 3.63) is 273 Å². The number of aromatic nitrogens is 3. The lowest BCUT2D eigenvalue weighted by Gasteiger charge is -2.35. The van der Waals surface area contributed by atoms with Crippen molar-refractivity contribution in [2.24, 2.45) is 0 Å². The molecule has 3 heterocycles. The second kappa shape index (κ2) is 16.1. The van der Waals surface area contributed by atoms with Gasteiger partial charge in [-0.2, -0.15) is 0 Å². The molecule has 14 aromatic rings. The van der Waals surface area contributed by atoms with E-state index in [-0.39, 0.29) is 0 Å². The first-order valence-electron chi connectivity index (χ1n) is 24.2. The second-order valence-corrected chi connectivity index (χ2v) is 22.2. The van der Waals surface area contributed by atoms with E-state index in [1.54, 1.807) is 0 Å². The van der Waals surface area contributed by atoms with Gasteiger partial charge in [0.15, 0.2) is 8.07 Å². The maximum atomic E-state index is 2.59. The number of fused-ring (bicyclic) bond motifs is 9. The maximum absolute atomic E-state index is 3.18. The molecule has 3 aromatic heterocycles. The van der Waals surface area contributed by atoms with Crippen molar-refractivity contribution in [1.29, 1.82) is 0 Å². The molecule has 14 rings (SSSR count). The average molecular weight is 908 g/mol. The van der Waals surface area contributed by atoms with Crippen LogP contribution in [-0.4, -0.2) is 21.8 Å². The molecule has 0 N–H and O–H groups in total. The van der Waals surface area contributed by atoms with Crippen molar-refractivity contribution in [2.75, 3.05) is 0 Å². The molecule has 0 fully saturated rings. The number of nitrogens with zero attached hydrogens (tertiary/aromatic N) is 3. The summed E-state index contributed by atoms with van der Waals surface area (Å²) in [6.07, 6.45) is 0. The van der Waals surface area contributed by atoms with Crippen LogP contribution in [0.5, 0.6) is 0 Å². The topological polar surface area (TPSA) is 14.8 Å². The van der Waals surface area contributed by atoms with E-state index in [9.17, 15) is 0 Å². The summed E-state index contributed by atoms with van der Waals surface area (Å²) < 4.78 is 7.52. The van der Waals surface area contributed by atoms with Crippen LogP contribution in [0.15, 0.2) is 273 Å². The average Bonchev–Trinajstić information content (AvgIpc) is 4.08. The van der Waals surface area contributed by atoms with E-state index in [2.05, 4.69) is 287 Å². The zero-order valence-electron chi connectivity index (χ0n) is 38.3. The summed E-state index contributed by atoms with van der Waals surface area (Å²) in [6, 6.07) is 102. The van der Waals surface area contributed by atoms with Gasteiger partial charge in [0.25, 0.3) is 0 Å². The van der Waals surface area contributed by atoms with E-state index in [0.717, 1.165) is 17.1 Å². The summed E-state index contributed by atoms with van der Waals surface area (Å²) in [4.78, 5) is 0. The van der Waals surface area contributed by atoms with Gasteiger partial charge >= 0.3 is 0 Å². The van der Waals surface area contributed by atoms with Gasteiger partial charge in [0, 0.05) is 49.4 Å². The Bertz CT molecular complexity index is 4110.